The summed E-state index contributed by atoms with van der Waals surface area (Å²) < 4.78 is 19.6. The van der Waals surface area contributed by atoms with Crippen LogP contribution in [0.4, 0.5) is 4.39 Å². The van der Waals surface area contributed by atoms with Gasteiger partial charge in [0.2, 0.25) is 18.2 Å². The van der Waals surface area contributed by atoms with Crippen LogP contribution in [0.25, 0.3) is 22.2 Å². The van der Waals surface area contributed by atoms with Crippen LogP contribution in [0, 0.1) is 5.82 Å². The lowest BCUT2D eigenvalue weighted by Gasteiger charge is -2.29. The van der Waals surface area contributed by atoms with Gasteiger partial charge in [0.05, 0.1) is 17.7 Å². The van der Waals surface area contributed by atoms with Crippen LogP contribution in [0.2, 0.25) is 0 Å². The number of amides is 3. The fourth-order valence-corrected chi connectivity index (χ4v) is 5.80. The van der Waals surface area contributed by atoms with E-state index in [1.54, 1.807) is 37.6 Å². The van der Waals surface area contributed by atoms with Gasteiger partial charge in [-0.15, -0.1) is 0 Å². The number of nitrogens with one attached hydrogen (secondary N) is 3. The topological polar surface area (TPSA) is 127 Å². The molecule has 1 saturated heterocycles. The summed E-state index contributed by atoms with van der Waals surface area (Å²) in [5.41, 5.74) is 3.98. The summed E-state index contributed by atoms with van der Waals surface area (Å²) in [5.74, 6) is -1.15. The summed E-state index contributed by atoms with van der Waals surface area (Å²) in [5, 5.41) is 16.3. The molecule has 0 spiro atoms. The largest absolute Gasteiger partial charge is 0.356 e. The quantitative estimate of drug-likeness (QED) is 0.304. The van der Waals surface area contributed by atoms with Gasteiger partial charge in [-0.2, -0.15) is 0 Å². The average molecular weight is 580 g/mol. The Balaban J connectivity index is 1.25. The number of likely N-dealkylation sites (tertiary alicyclic amines) is 1. The lowest BCUT2D eigenvalue weighted by Crippen LogP contribution is -2.50. The molecule has 3 aromatic rings. The molecule has 2 aliphatic rings. The van der Waals surface area contributed by atoms with E-state index < -0.39 is 23.9 Å². The van der Waals surface area contributed by atoms with Crippen LogP contribution in [-0.2, 0) is 27.3 Å². The van der Waals surface area contributed by atoms with Gasteiger partial charge in [0, 0.05) is 43.3 Å². The monoisotopic (exact) mass is 579 g/mol. The third-order valence-corrected chi connectivity index (χ3v) is 7.66. The molecule has 3 amide bonds. The van der Waals surface area contributed by atoms with Crippen LogP contribution in [0.1, 0.15) is 55.1 Å². The minimum absolute atomic E-state index is 0.139. The van der Waals surface area contributed by atoms with Gasteiger partial charge in [-0.25, -0.2) is 4.39 Å². The van der Waals surface area contributed by atoms with Crippen molar-refractivity contribution in [1.82, 2.24) is 25.4 Å². The number of carbonyl (C=O) groups excluding carboxylic acids is 3. The standard InChI is InChI=1S/C31H38FN5O5/c1-31(2,3)42-30(41)34-16-25(38)37-13-5-6-24(37)29(40)36(4)17-18-7-9-19(10-8-18)27-21-11-12-33-28(39)22-14-20(32)15-23(35-27)26(21)22/h7-10,14-15,24,30,34-35,41H,5-6,11-13,16-17H2,1-4H3,(H,33,39). The van der Waals surface area contributed by atoms with Gasteiger partial charge in [-0.3, -0.25) is 19.7 Å². The van der Waals surface area contributed by atoms with Gasteiger partial charge in [-0.1, -0.05) is 24.3 Å². The predicted molar refractivity (Wildman–Crippen MR) is 156 cm³/mol. The van der Waals surface area contributed by atoms with Gasteiger partial charge in [-0.05, 0) is 68.9 Å². The highest BCUT2D eigenvalue weighted by atomic mass is 19.1. The number of benzene rings is 2. The second kappa shape index (κ2) is 11.8. The Labute approximate surface area is 244 Å². The summed E-state index contributed by atoms with van der Waals surface area (Å²) in [7, 11) is 1.72. The first-order valence-electron chi connectivity index (χ1n) is 14.3. The summed E-state index contributed by atoms with van der Waals surface area (Å²) in [6.45, 7) is 6.57. The molecule has 1 aromatic heterocycles. The summed E-state index contributed by atoms with van der Waals surface area (Å²) in [4.78, 5) is 45.2. The van der Waals surface area contributed by atoms with E-state index in [1.807, 2.05) is 24.3 Å². The molecule has 2 atom stereocenters. The van der Waals surface area contributed by atoms with Crippen molar-refractivity contribution in [2.24, 2.45) is 0 Å². The smallest absolute Gasteiger partial charge is 0.252 e. The summed E-state index contributed by atoms with van der Waals surface area (Å²) in [6.07, 6.45) is 0.642. The molecule has 0 aliphatic carbocycles. The van der Waals surface area contributed by atoms with Gasteiger partial charge in [0.25, 0.3) is 5.91 Å². The highest BCUT2D eigenvalue weighted by Crippen LogP contribution is 2.35. The number of carbonyl (C=O) groups is 3. The number of hydrogen-bond acceptors (Lipinski definition) is 6. The molecule has 0 saturated carbocycles. The number of rotatable bonds is 8. The van der Waals surface area contributed by atoms with Gasteiger partial charge in [0.1, 0.15) is 11.9 Å². The minimum atomic E-state index is -1.29. The second-order valence-electron chi connectivity index (χ2n) is 12.0. The van der Waals surface area contributed by atoms with E-state index in [9.17, 15) is 23.9 Å². The zero-order valence-corrected chi connectivity index (χ0v) is 24.4. The van der Waals surface area contributed by atoms with Crippen molar-refractivity contribution in [3.8, 4) is 11.3 Å². The third kappa shape index (κ3) is 6.33. The normalized spacial score (nSPS) is 17.7. The van der Waals surface area contributed by atoms with Gasteiger partial charge < -0.3 is 29.9 Å². The molecule has 0 bridgehead atoms. The number of nitrogens with zero attached hydrogens (tertiary/aromatic N) is 2. The molecule has 42 heavy (non-hydrogen) atoms. The molecule has 2 aromatic carbocycles. The van der Waals surface area contributed by atoms with E-state index in [0.29, 0.717) is 43.6 Å². The number of H-pyrrole nitrogens is 1. The van der Waals surface area contributed by atoms with Crippen molar-refractivity contribution in [3.63, 3.8) is 0 Å². The molecule has 3 heterocycles. The summed E-state index contributed by atoms with van der Waals surface area (Å²) in [6, 6.07) is 9.92. The van der Waals surface area contributed by atoms with Crippen LogP contribution in [0.3, 0.4) is 0 Å². The number of likely N-dealkylation sites (N-methyl/N-ethyl adjacent to an activating group) is 1. The molecule has 1 fully saturated rings. The Morgan fingerprint density at radius 2 is 1.98 bits per heavy atom. The lowest BCUT2D eigenvalue weighted by atomic mass is 9.99. The first-order valence-corrected chi connectivity index (χ1v) is 14.3. The summed E-state index contributed by atoms with van der Waals surface area (Å²) >= 11 is 0. The number of aromatic amines is 1. The number of aromatic nitrogens is 1. The van der Waals surface area contributed by atoms with Crippen LogP contribution >= 0.6 is 0 Å². The molecular weight excluding hydrogens is 541 g/mol. The van der Waals surface area contributed by atoms with E-state index in [2.05, 4.69) is 15.6 Å². The van der Waals surface area contributed by atoms with Crippen molar-refractivity contribution >= 4 is 28.6 Å². The maximum atomic E-state index is 14.2. The zero-order valence-electron chi connectivity index (χ0n) is 24.4. The van der Waals surface area contributed by atoms with Crippen molar-refractivity contribution < 1.29 is 28.6 Å². The lowest BCUT2D eigenvalue weighted by molar-refractivity contribution is -0.183. The molecule has 2 aliphatic heterocycles. The fourth-order valence-electron chi connectivity index (χ4n) is 5.80. The molecule has 224 valence electrons. The Bertz CT molecular complexity index is 1500. The molecule has 0 radical (unpaired) electrons. The van der Waals surface area contributed by atoms with Crippen molar-refractivity contribution in [2.75, 3.05) is 26.7 Å². The highest BCUT2D eigenvalue weighted by Gasteiger charge is 2.35. The van der Waals surface area contributed by atoms with E-state index in [1.165, 1.54) is 12.1 Å². The van der Waals surface area contributed by atoms with Crippen LogP contribution in [0.15, 0.2) is 36.4 Å². The van der Waals surface area contributed by atoms with E-state index >= 15 is 0 Å². The van der Waals surface area contributed by atoms with E-state index in [-0.39, 0.29) is 24.3 Å². The minimum Gasteiger partial charge on any atom is -0.356 e. The SMILES string of the molecule is CN(Cc1ccc(-c2[nH]c3cc(F)cc4c3c2CCNC4=O)cc1)C(=O)C1CCCN1C(=O)CNC(O)OC(C)(C)C. The fraction of sp³-hybridized carbons (Fsp3) is 0.452. The zero-order chi connectivity index (χ0) is 30.2. The number of ether oxygens (including phenoxy) is 1. The molecule has 5 rings (SSSR count). The number of aliphatic hydroxyl groups excluding tert-OH is 1. The third-order valence-electron chi connectivity index (χ3n) is 7.66. The molecule has 11 heteroatoms. The van der Waals surface area contributed by atoms with Crippen LogP contribution in [-0.4, -0.2) is 82.4 Å². The first-order chi connectivity index (χ1) is 19.9. The second-order valence-corrected chi connectivity index (χ2v) is 12.0. The number of halogens is 1. The van der Waals surface area contributed by atoms with Gasteiger partial charge >= 0.3 is 0 Å². The maximum Gasteiger partial charge on any atom is 0.252 e. The number of hydrogen-bond donors (Lipinski definition) is 4. The van der Waals surface area contributed by atoms with Crippen molar-refractivity contribution in [1.29, 1.82) is 0 Å². The van der Waals surface area contributed by atoms with E-state index in [4.69, 9.17) is 4.74 Å². The molecular formula is C31H38FN5O5. The van der Waals surface area contributed by atoms with Gasteiger partial charge in [0.15, 0.2) is 0 Å². The number of aliphatic hydroxyl groups is 1. The Morgan fingerprint density at radius 1 is 1.24 bits per heavy atom. The van der Waals surface area contributed by atoms with Crippen LogP contribution in [0.5, 0.6) is 0 Å². The van der Waals surface area contributed by atoms with Crippen molar-refractivity contribution in [2.45, 2.75) is 64.6 Å². The maximum absolute atomic E-state index is 14.2. The first kappa shape index (κ1) is 29.7. The Kier molecular flexibility index (Phi) is 8.36. The molecule has 4 N–H and O–H groups in total. The Morgan fingerprint density at radius 3 is 2.69 bits per heavy atom. The molecule has 2 unspecified atom stereocenters. The predicted octanol–water partition coefficient (Wildman–Crippen LogP) is 2.89. The van der Waals surface area contributed by atoms with Crippen molar-refractivity contribution in [3.05, 3.63) is 58.9 Å². The highest BCUT2D eigenvalue weighted by molar-refractivity contribution is 6.10. The Hall–Kier alpha value is -3.80. The average Bonchev–Trinajstić information content (AvgIpc) is 3.51. The van der Waals surface area contributed by atoms with E-state index in [0.717, 1.165) is 34.2 Å². The van der Waals surface area contributed by atoms with Crippen LogP contribution < -0.4 is 10.6 Å². The molecule has 10 nitrogen and oxygen atoms in total.